The summed E-state index contributed by atoms with van der Waals surface area (Å²) in [5.41, 5.74) is 3.93. The molecule has 0 aliphatic carbocycles. The molecule has 2 rings (SSSR count). The summed E-state index contributed by atoms with van der Waals surface area (Å²) in [6.07, 6.45) is 2.35. The van der Waals surface area contributed by atoms with Gasteiger partial charge >= 0.3 is 0 Å². The lowest BCUT2D eigenvalue weighted by Gasteiger charge is -2.31. The summed E-state index contributed by atoms with van der Waals surface area (Å²) in [4.78, 5) is 13.9. The smallest absolute Gasteiger partial charge is 0.265 e. The molecule has 0 unspecified atom stereocenters. The number of piperidine rings is 1. The fourth-order valence-corrected chi connectivity index (χ4v) is 2.70. The molecule has 0 atom stereocenters. The number of ether oxygens (including phenoxy) is 1. The number of hydrazine groups is 1. The molecule has 1 aromatic rings. The van der Waals surface area contributed by atoms with E-state index in [1.54, 1.807) is 13.2 Å². The predicted octanol–water partition coefficient (Wildman–Crippen LogP) is 1.15. The van der Waals surface area contributed by atoms with Gasteiger partial charge in [-0.1, -0.05) is 12.1 Å². The van der Waals surface area contributed by atoms with Crippen molar-refractivity contribution in [2.24, 2.45) is 11.8 Å². The van der Waals surface area contributed by atoms with Crippen molar-refractivity contribution >= 4 is 5.91 Å². The second-order valence-corrected chi connectivity index (χ2v) is 5.35. The topological polar surface area (TPSA) is 67.6 Å². The lowest BCUT2D eigenvalue weighted by Crippen LogP contribution is -2.34. The maximum atomic E-state index is 11.5. The van der Waals surface area contributed by atoms with Crippen LogP contribution in [0.2, 0.25) is 0 Å². The number of hydrogen-bond donors (Lipinski definition) is 2. The number of nitrogen functional groups attached to an aromatic ring is 1. The van der Waals surface area contributed by atoms with E-state index >= 15 is 0 Å². The Morgan fingerprint density at radius 3 is 2.85 bits per heavy atom. The van der Waals surface area contributed by atoms with Crippen LogP contribution in [0.25, 0.3) is 0 Å². The second-order valence-electron chi connectivity index (χ2n) is 5.35. The quantitative estimate of drug-likeness (QED) is 0.481. The molecule has 110 valence electrons. The molecule has 0 saturated carbocycles. The molecule has 0 spiro atoms. The zero-order chi connectivity index (χ0) is 14.4. The first-order valence-corrected chi connectivity index (χ1v) is 7.04. The number of hydrogen-bond acceptors (Lipinski definition) is 4. The Hall–Kier alpha value is -1.43. The molecule has 1 aliphatic rings. The normalized spacial score (nSPS) is 17.1. The third kappa shape index (κ3) is 4.03. The van der Waals surface area contributed by atoms with Gasteiger partial charge in [0.25, 0.3) is 5.91 Å². The van der Waals surface area contributed by atoms with Crippen LogP contribution in [0.1, 0.15) is 28.8 Å². The lowest BCUT2D eigenvalue weighted by atomic mass is 9.97. The van der Waals surface area contributed by atoms with Gasteiger partial charge in [-0.2, -0.15) is 0 Å². The van der Waals surface area contributed by atoms with Crippen molar-refractivity contribution in [1.82, 2.24) is 10.3 Å². The molecule has 1 fully saturated rings. The summed E-state index contributed by atoms with van der Waals surface area (Å²) in [7, 11) is 1.76. The summed E-state index contributed by atoms with van der Waals surface area (Å²) in [5, 5.41) is 0. The van der Waals surface area contributed by atoms with Crippen LogP contribution in [0.5, 0.6) is 0 Å². The number of amides is 1. The zero-order valence-corrected chi connectivity index (χ0v) is 12.0. The number of benzene rings is 1. The Morgan fingerprint density at radius 1 is 1.45 bits per heavy atom. The summed E-state index contributed by atoms with van der Waals surface area (Å²) in [6, 6.07) is 7.63. The minimum atomic E-state index is -0.245. The van der Waals surface area contributed by atoms with Crippen molar-refractivity contribution < 1.29 is 9.53 Å². The van der Waals surface area contributed by atoms with Crippen LogP contribution >= 0.6 is 0 Å². The monoisotopic (exact) mass is 277 g/mol. The minimum Gasteiger partial charge on any atom is -0.384 e. The van der Waals surface area contributed by atoms with Gasteiger partial charge in [-0.3, -0.25) is 15.1 Å². The van der Waals surface area contributed by atoms with E-state index in [4.69, 9.17) is 10.6 Å². The summed E-state index contributed by atoms with van der Waals surface area (Å²) < 4.78 is 5.21. The first-order valence-electron chi connectivity index (χ1n) is 7.04. The fourth-order valence-electron chi connectivity index (χ4n) is 2.70. The Balaban J connectivity index is 1.89. The maximum absolute atomic E-state index is 11.5. The number of likely N-dealkylation sites (tertiary alicyclic amines) is 1. The summed E-state index contributed by atoms with van der Waals surface area (Å²) in [6.45, 7) is 3.91. The molecule has 20 heavy (non-hydrogen) atoms. The van der Waals surface area contributed by atoms with Crippen molar-refractivity contribution in [3.63, 3.8) is 0 Å². The molecule has 1 heterocycles. The van der Waals surface area contributed by atoms with Crippen LogP contribution in [-0.2, 0) is 11.3 Å². The molecule has 5 nitrogen and oxygen atoms in total. The molecule has 0 bridgehead atoms. The highest BCUT2D eigenvalue weighted by Crippen LogP contribution is 2.19. The molecule has 1 aromatic carbocycles. The fraction of sp³-hybridized carbons (Fsp3) is 0.533. The molecule has 5 heteroatoms. The third-order valence-electron chi connectivity index (χ3n) is 3.84. The van der Waals surface area contributed by atoms with Crippen molar-refractivity contribution in [2.75, 3.05) is 26.8 Å². The van der Waals surface area contributed by atoms with Crippen molar-refractivity contribution in [2.45, 2.75) is 19.4 Å². The van der Waals surface area contributed by atoms with Crippen LogP contribution in [0.3, 0.4) is 0 Å². The van der Waals surface area contributed by atoms with Gasteiger partial charge < -0.3 is 4.74 Å². The van der Waals surface area contributed by atoms with Gasteiger partial charge in [0.1, 0.15) is 0 Å². The minimum absolute atomic E-state index is 0.245. The van der Waals surface area contributed by atoms with Gasteiger partial charge in [-0.15, -0.1) is 0 Å². The molecule has 3 N–H and O–H groups in total. The molecule has 0 aromatic heterocycles. The van der Waals surface area contributed by atoms with Gasteiger partial charge in [0, 0.05) is 25.8 Å². The van der Waals surface area contributed by atoms with E-state index < -0.39 is 0 Å². The van der Waals surface area contributed by atoms with E-state index in [9.17, 15) is 4.79 Å². The maximum Gasteiger partial charge on any atom is 0.265 e. The van der Waals surface area contributed by atoms with E-state index in [-0.39, 0.29) is 5.91 Å². The number of nitrogens with zero attached hydrogens (tertiary/aromatic N) is 1. The third-order valence-corrected chi connectivity index (χ3v) is 3.84. The van der Waals surface area contributed by atoms with E-state index in [1.807, 2.05) is 12.1 Å². The summed E-state index contributed by atoms with van der Waals surface area (Å²) >= 11 is 0. The van der Waals surface area contributed by atoms with Crippen molar-refractivity contribution in [3.8, 4) is 0 Å². The number of methoxy groups -OCH3 is 1. The van der Waals surface area contributed by atoms with E-state index in [0.29, 0.717) is 11.5 Å². The molecule has 0 radical (unpaired) electrons. The number of carbonyl (C=O) groups excluding carboxylic acids is 1. The average molecular weight is 277 g/mol. The van der Waals surface area contributed by atoms with Crippen molar-refractivity contribution in [1.29, 1.82) is 0 Å². The standard InChI is InChI=1S/C15H23N3O2/c1-20-11-12-5-7-18(8-6-12)10-13-3-2-4-14(9-13)15(19)17-16/h2-4,9,12H,5-8,10-11,16H2,1H3,(H,17,19). The van der Waals surface area contributed by atoms with Gasteiger partial charge in [-0.25, -0.2) is 5.84 Å². The van der Waals surface area contributed by atoms with E-state index in [0.717, 1.165) is 31.8 Å². The van der Waals surface area contributed by atoms with Crippen LogP contribution in [-0.4, -0.2) is 37.6 Å². The van der Waals surface area contributed by atoms with E-state index in [2.05, 4.69) is 16.4 Å². The lowest BCUT2D eigenvalue weighted by molar-refractivity contribution is 0.0949. The molecule has 1 aliphatic heterocycles. The van der Waals surface area contributed by atoms with Crippen LogP contribution in [0.15, 0.2) is 24.3 Å². The first-order chi connectivity index (χ1) is 9.72. The van der Waals surface area contributed by atoms with Crippen molar-refractivity contribution in [3.05, 3.63) is 35.4 Å². The van der Waals surface area contributed by atoms with Gasteiger partial charge in [-0.05, 0) is 49.5 Å². The molecule has 1 amide bonds. The Bertz CT molecular complexity index is 442. The van der Waals surface area contributed by atoms with Gasteiger partial charge in [0.2, 0.25) is 0 Å². The predicted molar refractivity (Wildman–Crippen MR) is 78.0 cm³/mol. The second kappa shape index (κ2) is 7.38. The molecular weight excluding hydrogens is 254 g/mol. The highest BCUT2D eigenvalue weighted by molar-refractivity contribution is 5.93. The number of nitrogens with one attached hydrogen (secondary N) is 1. The zero-order valence-electron chi connectivity index (χ0n) is 12.0. The first kappa shape index (κ1) is 15.0. The molecule has 1 saturated heterocycles. The van der Waals surface area contributed by atoms with Gasteiger partial charge in [0.05, 0.1) is 0 Å². The Morgan fingerprint density at radius 2 is 2.20 bits per heavy atom. The van der Waals surface area contributed by atoms with E-state index in [1.165, 1.54) is 12.8 Å². The Labute approximate surface area is 120 Å². The molecular formula is C15H23N3O2. The number of carbonyl (C=O) groups is 1. The average Bonchev–Trinajstić information content (AvgIpc) is 2.49. The van der Waals surface area contributed by atoms with Crippen LogP contribution in [0.4, 0.5) is 0 Å². The highest BCUT2D eigenvalue weighted by atomic mass is 16.5. The largest absolute Gasteiger partial charge is 0.384 e. The Kier molecular flexibility index (Phi) is 5.52. The van der Waals surface area contributed by atoms with Crippen LogP contribution in [0, 0.1) is 5.92 Å². The highest BCUT2D eigenvalue weighted by Gasteiger charge is 2.19. The van der Waals surface area contributed by atoms with Crippen LogP contribution < -0.4 is 11.3 Å². The van der Waals surface area contributed by atoms with Gasteiger partial charge in [0.15, 0.2) is 0 Å². The SMILES string of the molecule is COCC1CCN(Cc2cccc(C(=O)NN)c2)CC1. The summed E-state index contributed by atoms with van der Waals surface area (Å²) in [5.74, 6) is 5.60. The number of nitrogens with two attached hydrogens (primary N) is 1. The number of rotatable bonds is 5.